The van der Waals surface area contributed by atoms with Crippen molar-refractivity contribution in [3.8, 4) is 6.07 Å². The van der Waals surface area contributed by atoms with Gasteiger partial charge in [0.2, 0.25) is 0 Å². The molecule has 0 radical (unpaired) electrons. The van der Waals surface area contributed by atoms with Gasteiger partial charge in [0, 0.05) is 22.7 Å². The molecule has 1 heterocycles. The molecule has 90 valence electrons. The van der Waals surface area contributed by atoms with Gasteiger partial charge in [0.15, 0.2) is 5.78 Å². The van der Waals surface area contributed by atoms with E-state index in [0.717, 1.165) is 0 Å². The first-order chi connectivity index (χ1) is 8.69. The molecule has 18 heavy (non-hydrogen) atoms. The summed E-state index contributed by atoms with van der Waals surface area (Å²) in [7, 11) is 1.28. The zero-order chi connectivity index (χ0) is 13.1. The van der Waals surface area contributed by atoms with Crippen molar-refractivity contribution in [2.45, 2.75) is 6.42 Å². The van der Waals surface area contributed by atoms with Gasteiger partial charge in [-0.1, -0.05) is 6.07 Å². The third-order valence-electron chi connectivity index (χ3n) is 2.65. The summed E-state index contributed by atoms with van der Waals surface area (Å²) in [6.45, 7) is 0. The number of nitrogens with one attached hydrogen (secondary N) is 1. The van der Waals surface area contributed by atoms with Crippen molar-refractivity contribution in [3.63, 3.8) is 0 Å². The van der Waals surface area contributed by atoms with Gasteiger partial charge in [-0.2, -0.15) is 5.26 Å². The maximum Gasteiger partial charge on any atom is 0.338 e. The molecule has 1 N–H and O–H groups in total. The number of ketones is 1. The van der Waals surface area contributed by atoms with E-state index in [1.54, 1.807) is 24.3 Å². The van der Waals surface area contributed by atoms with E-state index in [1.807, 2.05) is 0 Å². The average molecular weight is 242 g/mol. The highest BCUT2D eigenvalue weighted by Crippen LogP contribution is 2.24. The molecule has 1 aromatic heterocycles. The van der Waals surface area contributed by atoms with Crippen molar-refractivity contribution >= 4 is 22.7 Å². The van der Waals surface area contributed by atoms with Gasteiger partial charge in [-0.3, -0.25) is 4.79 Å². The lowest BCUT2D eigenvalue weighted by molar-refractivity contribution is 0.0603. The van der Waals surface area contributed by atoms with E-state index in [9.17, 15) is 9.59 Å². The highest BCUT2D eigenvalue weighted by molar-refractivity contribution is 6.15. The van der Waals surface area contributed by atoms with Crippen molar-refractivity contribution in [1.29, 1.82) is 5.26 Å². The molecule has 0 saturated heterocycles. The Bertz CT molecular complexity index is 664. The fraction of sp³-hybridized carbons (Fsp3) is 0.154. The molecule has 1 aromatic carbocycles. The quantitative estimate of drug-likeness (QED) is 0.659. The van der Waals surface area contributed by atoms with Gasteiger partial charge in [0.1, 0.15) is 0 Å². The predicted octanol–water partition coefficient (Wildman–Crippen LogP) is 2.05. The number of hydrogen-bond acceptors (Lipinski definition) is 4. The molecule has 0 aliphatic heterocycles. The number of benzene rings is 1. The number of rotatable bonds is 3. The van der Waals surface area contributed by atoms with Gasteiger partial charge >= 0.3 is 5.97 Å². The highest BCUT2D eigenvalue weighted by Gasteiger charge is 2.18. The van der Waals surface area contributed by atoms with Gasteiger partial charge in [-0.15, -0.1) is 0 Å². The van der Waals surface area contributed by atoms with Crippen molar-refractivity contribution in [2.75, 3.05) is 7.11 Å². The van der Waals surface area contributed by atoms with E-state index in [0.29, 0.717) is 22.0 Å². The lowest BCUT2D eigenvalue weighted by atomic mass is 10.0. The van der Waals surface area contributed by atoms with Crippen LogP contribution in [0, 0.1) is 11.3 Å². The van der Waals surface area contributed by atoms with Crippen LogP contribution in [-0.4, -0.2) is 23.8 Å². The SMILES string of the molecule is COC(=O)c1cccc2[nH]cc(C(=O)CC#N)c12. The van der Waals surface area contributed by atoms with Crippen molar-refractivity contribution in [2.24, 2.45) is 0 Å². The van der Waals surface area contributed by atoms with E-state index < -0.39 is 5.97 Å². The lowest BCUT2D eigenvalue weighted by Crippen LogP contribution is -2.04. The second-order valence-electron chi connectivity index (χ2n) is 3.68. The second-order valence-corrected chi connectivity index (χ2v) is 3.68. The van der Waals surface area contributed by atoms with Crippen LogP contribution >= 0.6 is 0 Å². The molecule has 0 aliphatic rings. The number of aromatic amines is 1. The zero-order valence-electron chi connectivity index (χ0n) is 9.69. The summed E-state index contributed by atoms with van der Waals surface area (Å²) in [5, 5.41) is 9.06. The zero-order valence-corrected chi connectivity index (χ0v) is 9.69. The van der Waals surface area contributed by atoms with Gasteiger partial charge in [-0.25, -0.2) is 4.79 Å². The normalized spacial score (nSPS) is 10.0. The second kappa shape index (κ2) is 4.72. The Balaban J connectivity index is 2.66. The number of nitriles is 1. The van der Waals surface area contributed by atoms with Gasteiger partial charge in [0.25, 0.3) is 0 Å². The van der Waals surface area contributed by atoms with Crippen LogP contribution < -0.4 is 0 Å². The molecule has 2 rings (SSSR count). The van der Waals surface area contributed by atoms with Crippen LogP contribution in [0.15, 0.2) is 24.4 Å². The molecular formula is C13H10N2O3. The van der Waals surface area contributed by atoms with Gasteiger partial charge < -0.3 is 9.72 Å². The number of carbonyl (C=O) groups excluding carboxylic acids is 2. The molecule has 0 aliphatic carbocycles. The van der Waals surface area contributed by atoms with E-state index in [1.165, 1.54) is 13.3 Å². The van der Waals surface area contributed by atoms with Crippen LogP contribution in [0.25, 0.3) is 10.9 Å². The molecule has 0 amide bonds. The first kappa shape index (κ1) is 11.9. The number of aromatic nitrogens is 1. The van der Waals surface area contributed by atoms with Crippen LogP contribution in [0.5, 0.6) is 0 Å². The van der Waals surface area contributed by atoms with Gasteiger partial charge in [0.05, 0.1) is 25.2 Å². The number of methoxy groups -OCH3 is 1. The fourth-order valence-corrected chi connectivity index (χ4v) is 1.85. The number of hydrogen-bond donors (Lipinski definition) is 1. The summed E-state index contributed by atoms with van der Waals surface area (Å²) in [6, 6.07) is 6.84. The minimum atomic E-state index is -0.508. The van der Waals surface area contributed by atoms with E-state index >= 15 is 0 Å². The van der Waals surface area contributed by atoms with Crippen LogP contribution in [-0.2, 0) is 4.74 Å². The minimum absolute atomic E-state index is 0.220. The summed E-state index contributed by atoms with van der Waals surface area (Å²) in [5.74, 6) is -0.827. The Morgan fingerprint density at radius 3 is 2.83 bits per heavy atom. The first-order valence-electron chi connectivity index (χ1n) is 5.27. The van der Waals surface area contributed by atoms with Crippen LogP contribution in [0.1, 0.15) is 27.1 Å². The van der Waals surface area contributed by atoms with Crippen molar-refractivity contribution < 1.29 is 14.3 Å². The van der Waals surface area contributed by atoms with E-state index in [-0.39, 0.29) is 12.2 Å². The fourth-order valence-electron chi connectivity index (χ4n) is 1.85. The Hall–Kier alpha value is -2.61. The topological polar surface area (TPSA) is 83.0 Å². The molecule has 0 spiro atoms. The van der Waals surface area contributed by atoms with Crippen LogP contribution in [0.2, 0.25) is 0 Å². The van der Waals surface area contributed by atoms with Crippen molar-refractivity contribution in [1.82, 2.24) is 4.98 Å². The Labute approximate surface area is 103 Å². The molecule has 5 nitrogen and oxygen atoms in total. The lowest BCUT2D eigenvalue weighted by Gasteiger charge is -2.02. The predicted molar refractivity (Wildman–Crippen MR) is 64.2 cm³/mol. The molecular weight excluding hydrogens is 232 g/mol. The molecule has 2 aromatic rings. The Morgan fingerprint density at radius 1 is 1.39 bits per heavy atom. The third-order valence-corrected chi connectivity index (χ3v) is 2.65. The maximum absolute atomic E-state index is 11.8. The van der Waals surface area contributed by atoms with Gasteiger partial charge in [-0.05, 0) is 12.1 Å². The van der Waals surface area contributed by atoms with E-state index in [2.05, 4.69) is 9.72 Å². The summed E-state index contributed by atoms with van der Waals surface area (Å²) in [5.41, 5.74) is 1.32. The summed E-state index contributed by atoms with van der Waals surface area (Å²) in [6.07, 6.45) is 1.29. The standard InChI is InChI=1S/C13H10N2O3/c1-18-13(17)8-3-2-4-10-12(8)9(7-15-10)11(16)5-6-14/h2-4,7,15H,5H2,1H3. The Morgan fingerprint density at radius 2 is 2.17 bits per heavy atom. The summed E-state index contributed by atoms with van der Waals surface area (Å²) >= 11 is 0. The molecule has 0 unspecified atom stereocenters. The number of carbonyl (C=O) groups is 2. The number of esters is 1. The number of nitrogens with zero attached hydrogens (tertiary/aromatic N) is 1. The number of Topliss-reactive ketones (excluding diaryl/α,β-unsaturated/α-hetero) is 1. The smallest absolute Gasteiger partial charge is 0.338 e. The molecule has 0 bridgehead atoms. The van der Waals surface area contributed by atoms with E-state index in [4.69, 9.17) is 5.26 Å². The third kappa shape index (κ3) is 1.84. The minimum Gasteiger partial charge on any atom is -0.465 e. The average Bonchev–Trinajstić information content (AvgIpc) is 2.81. The maximum atomic E-state index is 11.8. The largest absolute Gasteiger partial charge is 0.465 e. The highest BCUT2D eigenvalue weighted by atomic mass is 16.5. The summed E-state index contributed by atoms with van der Waals surface area (Å²) in [4.78, 5) is 26.3. The van der Waals surface area contributed by atoms with Crippen LogP contribution in [0.3, 0.4) is 0 Å². The Kier molecular flexibility index (Phi) is 3.11. The van der Waals surface area contributed by atoms with Crippen LogP contribution in [0.4, 0.5) is 0 Å². The molecule has 0 fully saturated rings. The number of H-pyrrole nitrogens is 1. The molecule has 0 saturated carbocycles. The molecule has 0 atom stereocenters. The van der Waals surface area contributed by atoms with Crippen molar-refractivity contribution in [3.05, 3.63) is 35.5 Å². The molecule has 5 heteroatoms. The number of ether oxygens (including phenoxy) is 1. The first-order valence-corrected chi connectivity index (χ1v) is 5.27. The number of fused-ring (bicyclic) bond motifs is 1. The monoisotopic (exact) mass is 242 g/mol. The summed E-state index contributed by atoms with van der Waals surface area (Å²) < 4.78 is 4.68.